The lowest BCUT2D eigenvalue weighted by atomic mass is 10.2. The van der Waals surface area contributed by atoms with Gasteiger partial charge in [-0.25, -0.2) is 0 Å². The standard InChI is InChI=1S/C14H21NO2/c1-4-12(5-2)15-14(16)10-17-13-8-6-11(3)7-9-13/h6-9,12H,4-5,10H2,1-3H3,(H,15,16). The van der Waals surface area contributed by atoms with Crippen molar-refractivity contribution in [2.24, 2.45) is 0 Å². The molecule has 1 aromatic carbocycles. The van der Waals surface area contributed by atoms with Crippen molar-refractivity contribution in [1.29, 1.82) is 0 Å². The van der Waals surface area contributed by atoms with E-state index in [4.69, 9.17) is 4.74 Å². The van der Waals surface area contributed by atoms with Crippen LogP contribution in [0, 0.1) is 6.92 Å². The molecule has 0 unspecified atom stereocenters. The molecule has 3 heteroatoms. The van der Waals surface area contributed by atoms with Gasteiger partial charge in [0.15, 0.2) is 6.61 Å². The number of aryl methyl sites for hydroxylation is 1. The van der Waals surface area contributed by atoms with Crippen LogP contribution in [0.1, 0.15) is 32.3 Å². The summed E-state index contributed by atoms with van der Waals surface area (Å²) in [6, 6.07) is 7.94. The van der Waals surface area contributed by atoms with E-state index in [0.717, 1.165) is 18.6 Å². The first-order valence-corrected chi connectivity index (χ1v) is 6.14. The summed E-state index contributed by atoms with van der Waals surface area (Å²) >= 11 is 0. The van der Waals surface area contributed by atoms with Gasteiger partial charge in [0, 0.05) is 6.04 Å². The molecule has 0 aliphatic carbocycles. The fourth-order valence-corrected chi connectivity index (χ4v) is 1.55. The number of hydrogen-bond donors (Lipinski definition) is 1. The minimum atomic E-state index is -0.0562. The quantitative estimate of drug-likeness (QED) is 0.823. The van der Waals surface area contributed by atoms with E-state index >= 15 is 0 Å². The van der Waals surface area contributed by atoms with Gasteiger partial charge in [-0.05, 0) is 31.9 Å². The van der Waals surface area contributed by atoms with Gasteiger partial charge in [-0.2, -0.15) is 0 Å². The van der Waals surface area contributed by atoms with Crippen LogP contribution in [-0.4, -0.2) is 18.6 Å². The molecular weight excluding hydrogens is 214 g/mol. The summed E-state index contributed by atoms with van der Waals surface area (Å²) in [5, 5.41) is 2.93. The summed E-state index contributed by atoms with van der Waals surface area (Å²) in [6.07, 6.45) is 1.90. The van der Waals surface area contributed by atoms with Crippen LogP contribution in [0.5, 0.6) is 5.75 Å². The fourth-order valence-electron chi connectivity index (χ4n) is 1.55. The van der Waals surface area contributed by atoms with Crippen LogP contribution in [0.15, 0.2) is 24.3 Å². The van der Waals surface area contributed by atoms with Gasteiger partial charge in [-0.3, -0.25) is 4.79 Å². The van der Waals surface area contributed by atoms with Crippen molar-refractivity contribution in [3.8, 4) is 5.75 Å². The highest BCUT2D eigenvalue weighted by molar-refractivity contribution is 5.77. The second-order valence-electron chi connectivity index (χ2n) is 4.18. The normalized spacial score (nSPS) is 10.4. The third-order valence-corrected chi connectivity index (χ3v) is 2.74. The first kappa shape index (κ1) is 13.6. The Hall–Kier alpha value is -1.51. The van der Waals surface area contributed by atoms with Gasteiger partial charge in [-0.1, -0.05) is 31.5 Å². The van der Waals surface area contributed by atoms with E-state index in [1.165, 1.54) is 5.56 Å². The molecule has 17 heavy (non-hydrogen) atoms. The Labute approximate surface area is 103 Å². The van der Waals surface area contributed by atoms with Crippen LogP contribution in [0.3, 0.4) is 0 Å². The van der Waals surface area contributed by atoms with E-state index in [0.29, 0.717) is 0 Å². The van der Waals surface area contributed by atoms with Gasteiger partial charge >= 0.3 is 0 Å². The number of carbonyl (C=O) groups excluding carboxylic acids is 1. The zero-order chi connectivity index (χ0) is 12.7. The van der Waals surface area contributed by atoms with Crippen molar-refractivity contribution in [3.63, 3.8) is 0 Å². The smallest absolute Gasteiger partial charge is 0.258 e. The Morgan fingerprint density at radius 3 is 2.35 bits per heavy atom. The fraction of sp³-hybridized carbons (Fsp3) is 0.500. The third-order valence-electron chi connectivity index (χ3n) is 2.74. The molecule has 0 saturated heterocycles. The van der Waals surface area contributed by atoms with Gasteiger partial charge in [0.1, 0.15) is 5.75 Å². The van der Waals surface area contributed by atoms with Crippen molar-refractivity contribution in [2.45, 2.75) is 39.7 Å². The first-order chi connectivity index (χ1) is 8.15. The molecule has 0 spiro atoms. The maximum atomic E-state index is 11.6. The van der Waals surface area contributed by atoms with Crippen molar-refractivity contribution in [1.82, 2.24) is 5.32 Å². The molecular formula is C14H21NO2. The number of hydrogen-bond acceptors (Lipinski definition) is 2. The van der Waals surface area contributed by atoms with Crippen LogP contribution in [0.25, 0.3) is 0 Å². The van der Waals surface area contributed by atoms with Crippen molar-refractivity contribution < 1.29 is 9.53 Å². The summed E-state index contributed by atoms with van der Waals surface area (Å²) in [5.74, 6) is 0.676. The van der Waals surface area contributed by atoms with E-state index in [2.05, 4.69) is 19.2 Å². The van der Waals surface area contributed by atoms with Gasteiger partial charge in [0.2, 0.25) is 0 Å². The number of rotatable bonds is 6. The SMILES string of the molecule is CCC(CC)NC(=O)COc1ccc(C)cc1. The lowest BCUT2D eigenvalue weighted by Crippen LogP contribution is -2.37. The summed E-state index contributed by atoms with van der Waals surface area (Å²) in [6.45, 7) is 6.23. The lowest BCUT2D eigenvalue weighted by Gasteiger charge is -2.14. The van der Waals surface area contributed by atoms with Gasteiger partial charge in [0.25, 0.3) is 5.91 Å². The Morgan fingerprint density at radius 2 is 1.82 bits per heavy atom. The van der Waals surface area contributed by atoms with E-state index in [-0.39, 0.29) is 18.6 Å². The predicted molar refractivity (Wildman–Crippen MR) is 69.2 cm³/mol. The minimum Gasteiger partial charge on any atom is -0.484 e. The monoisotopic (exact) mass is 235 g/mol. The predicted octanol–water partition coefficient (Wildman–Crippen LogP) is 2.68. The molecule has 3 nitrogen and oxygen atoms in total. The van der Waals surface area contributed by atoms with Crippen LogP contribution >= 0.6 is 0 Å². The van der Waals surface area contributed by atoms with Gasteiger partial charge in [-0.15, -0.1) is 0 Å². The molecule has 1 rings (SSSR count). The van der Waals surface area contributed by atoms with E-state index < -0.39 is 0 Å². The van der Waals surface area contributed by atoms with Crippen LogP contribution < -0.4 is 10.1 Å². The molecule has 0 radical (unpaired) electrons. The zero-order valence-corrected chi connectivity index (χ0v) is 10.8. The van der Waals surface area contributed by atoms with Crippen LogP contribution in [0.4, 0.5) is 0 Å². The second-order valence-corrected chi connectivity index (χ2v) is 4.18. The summed E-state index contributed by atoms with van der Waals surface area (Å²) in [4.78, 5) is 11.6. The number of nitrogens with one attached hydrogen (secondary N) is 1. The molecule has 1 aromatic rings. The molecule has 0 aliphatic rings. The van der Waals surface area contributed by atoms with Crippen LogP contribution in [-0.2, 0) is 4.79 Å². The molecule has 0 saturated carbocycles. The highest BCUT2D eigenvalue weighted by Gasteiger charge is 2.08. The number of ether oxygens (including phenoxy) is 1. The molecule has 0 atom stereocenters. The molecule has 0 heterocycles. The third kappa shape index (κ3) is 4.89. The van der Waals surface area contributed by atoms with Crippen molar-refractivity contribution in [2.75, 3.05) is 6.61 Å². The molecule has 0 fully saturated rings. The maximum absolute atomic E-state index is 11.6. The Morgan fingerprint density at radius 1 is 1.24 bits per heavy atom. The van der Waals surface area contributed by atoms with Gasteiger partial charge < -0.3 is 10.1 Å². The summed E-state index contributed by atoms with van der Waals surface area (Å²) in [5.41, 5.74) is 1.18. The molecule has 0 aliphatic heterocycles. The van der Waals surface area contributed by atoms with E-state index in [1.54, 1.807) is 0 Å². The molecule has 0 aromatic heterocycles. The average Bonchev–Trinajstić information content (AvgIpc) is 2.35. The Balaban J connectivity index is 2.35. The lowest BCUT2D eigenvalue weighted by molar-refractivity contribution is -0.123. The number of benzene rings is 1. The first-order valence-electron chi connectivity index (χ1n) is 6.14. The Kier molecular flexibility index (Phi) is 5.53. The number of amides is 1. The Bertz CT molecular complexity index is 342. The molecule has 1 N–H and O–H groups in total. The average molecular weight is 235 g/mol. The zero-order valence-electron chi connectivity index (χ0n) is 10.8. The van der Waals surface area contributed by atoms with Crippen LogP contribution in [0.2, 0.25) is 0 Å². The van der Waals surface area contributed by atoms with E-state index in [1.807, 2.05) is 31.2 Å². The van der Waals surface area contributed by atoms with Crippen molar-refractivity contribution >= 4 is 5.91 Å². The highest BCUT2D eigenvalue weighted by Crippen LogP contribution is 2.11. The number of carbonyl (C=O) groups is 1. The van der Waals surface area contributed by atoms with E-state index in [9.17, 15) is 4.79 Å². The van der Waals surface area contributed by atoms with Crippen molar-refractivity contribution in [3.05, 3.63) is 29.8 Å². The molecule has 0 bridgehead atoms. The largest absolute Gasteiger partial charge is 0.484 e. The topological polar surface area (TPSA) is 38.3 Å². The maximum Gasteiger partial charge on any atom is 0.258 e. The summed E-state index contributed by atoms with van der Waals surface area (Å²) < 4.78 is 5.40. The summed E-state index contributed by atoms with van der Waals surface area (Å²) in [7, 11) is 0. The highest BCUT2D eigenvalue weighted by atomic mass is 16.5. The minimum absolute atomic E-state index is 0.0562. The second kappa shape index (κ2) is 6.94. The molecule has 1 amide bonds. The molecule has 94 valence electrons. The van der Waals surface area contributed by atoms with Gasteiger partial charge in [0.05, 0.1) is 0 Å².